The quantitative estimate of drug-likeness (QED) is 0.141. The van der Waals surface area contributed by atoms with Gasteiger partial charge in [0.1, 0.15) is 23.5 Å². The Bertz CT molecular complexity index is 1440. The number of carbonyl (C=O) groups is 3. The van der Waals surface area contributed by atoms with Gasteiger partial charge < -0.3 is 33.7 Å². The molecule has 0 spiro atoms. The average Bonchev–Trinajstić information content (AvgIpc) is 3.74. The second-order valence-corrected chi connectivity index (χ2v) is 16.3. The van der Waals surface area contributed by atoms with Crippen LogP contribution in [0.2, 0.25) is 5.02 Å². The Morgan fingerprint density at radius 3 is 2.69 bits per heavy atom. The first kappa shape index (κ1) is 39.5. The summed E-state index contributed by atoms with van der Waals surface area (Å²) < 4.78 is 29.1. The molecule has 49 heavy (non-hydrogen) atoms. The maximum absolute atomic E-state index is 14.0. The highest BCUT2D eigenvalue weighted by molar-refractivity contribution is 8.76. The van der Waals surface area contributed by atoms with E-state index in [4.69, 9.17) is 35.3 Å². The van der Waals surface area contributed by atoms with Crippen LogP contribution in [0.5, 0.6) is 0 Å². The number of hydrogen-bond donors (Lipinski definition) is 2. The van der Waals surface area contributed by atoms with Gasteiger partial charge in [0.15, 0.2) is 6.10 Å². The van der Waals surface area contributed by atoms with Crippen LogP contribution in [0.4, 0.5) is 10.5 Å². The highest BCUT2D eigenvalue weighted by atomic mass is 35.5. The van der Waals surface area contributed by atoms with Crippen molar-refractivity contribution >= 4 is 56.8 Å². The lowest BCUT2D eigenvalue weighted by atomic mass is 9.82. The zero-order chi connectivity index (χ0) is 36.1. The third-order valence-corrected chi connectivity index (χ3v) is 11.9. The number of amides is 2. The monoisotopic (exact) mass is 740 g/mol. The first-order valence-electron chi connectivity index (χ1n) is 16.4. The van der Waals surface area contributed by atoms with Crippen molar-refractivity contribution in [3.63, 3.8) is 0 Å². The van der Waals surface area contributed by atoms with Crippen LogP contribution in [0.25, 0.3) is 0 Å². The molecule has 2 N–H and O–H groups in total. The molecule has 1 aromatic rings. The molecule has 4 rings (SSSR count). The summed E-state index contributed by atoms with van der Waals surface area (Å²) in [6.45, 7) is 9.74. The van der Waals surface area contributed by atoms with Crippen molar-refractivity contribution in [1.82, 2.24) is 5.32 Å². The number of hydrogen-bond acceptors (Lipinski definition) is 11. The van der Waals surface area contributed by atoms with E-state index in [9.17, 15) is 19.5 Å². The Balaban J connectivity index is 1.70. The van der Waals surface area contributed by atoms with Crippen molar-refractivity contribution in [3.05, 3.63) is 52.1 Å². The smallest absolute Gasteiger partial charge is 0.409 e. The number of ether oxygens (including phenoxy) is 5. The summed E-state index contributed by atoms with van der Waals surface area (Å²) in [7, 11) is 6.31. The summed E-state index contributed by atoms with van der Waals surface area (Å²) >= 11 is 6.76. The number of methoxy groups -OCH3 is 1. The van der Waals surface area contributed by atoms with Crippen LogP contribution in [-0.4, -0.2) is 98.2 Å². The number of epoxide rings is 1. The Morgan fingerprint density at radius 1 is 1.27 bits per heavy atom. The van der Waals surface area contributed by atoms with Gasteiger partial charge in [-0.25, -0.2) is 9.59 Å². The van der Waals surface area contributed by atoms with Crippen LogP contribution < -0.4 is 10.2 Å². The highest BCUT2D eigenvalue weighted by Gasteiger charge is 2.64. The molecule has 3 aliphatic rings. The predicted molar refractivity (Wildman–Crippen MR) is 193 cm³/mol. The molecule has 8 atom stereocenters. The lowest BCUT2D eigenvalue weighted by molar-refractivity contribution is -0.168. The van der Waals surface area contributed by atoms with E-state index < -0.39 is 59.6 Å². The van der Waals surface area contributed by atoms with Crippen LogP contribution in [0.15, 0.2) is 35.9 Å². The Labute approximate surface area is 302 Å². The Kier molecular flexibility index (Phi) is 13.6. The van der Waals surface area contributed by atoms with Crippen LogP contribution in [0.3, 0.4) is 0 Å². The van der Waals surface area contributed by atoms with Gasteiger partial charge >= 0.3 is 12.1 Å². The Morgan fingerprint density at radius 2 is 2.00 bits per heavy atom. The Hall–Kier alpha value is -2.26. The number of nitrogens with zero attached hydrogens (tertiary/aromatic N) is 1. The van der Waals surface area contributed by atoms with Gasteiger partial charge in [0.05, 0.1) is 36.4 Å². The molecule has 3 aliphatic heterocycles. The van der Waals surface area contributed by atoms with Gasteiger partial charge in [0.2, 0.25) is 5.91 Å². The number of alkyl carbamates (subject to hydrolysis) is 1. The second kappa shape index (κ2) is 16.8. The van der Waals surface area contributed by atoms with E-state index in [0.29, 0.717) is 23.7 Å². The fraction of sp³-hybridized carbons (Fsp3) is 0.629. The number of fused-ring (bicyclic) bond motifs is 5. The third-order valence-electron chi connectivity index (χ3n) is 9.59. The molecule has 0 aliphatic carbocycles. The van der Waals surface area contributed by atoms with Crippen LogP contribution >= 0.6 is 33.2 Å². The van der Waals surface area contributed by atoms with Gasteiger partial charge in [-0.05, 0) is 50.6 Å². The number of benzene rings is 1. The summed E-state index contributed by atoms with van der Waals surface area (Å²) in [5.74, 6) is -1.18. The number of aliphatic hydroxyl groups is 1. The minimum atomic E-state index is -1.58. The molecule has 0 aromatic heterocycles. The molecule has 272 valence electrons. The molecule has 1 aromatic carbocycles. The number of esters is 1. The first-order chi connectivity index (χ1) is 23.1. The number of allylic oxidation sites excluding steroid dienone is 3. The number of aryl methyl sites for hydroxylation is 1. The minimum Gasteiger partial charge on any atom is -0.457 e. The molecule has 3 heterocycles. The molecule has 0 saturated carbocycles. The number of rotatable bonds is 9. The lowest BCUT2D eigenvalue weighted by Gasteiger charge is -2.41. The van der Waals surface area contributed by atoms with E-state index in [1.165, 1.54) is 12.0 Å². The van der Waals surface area contributed by atoms with E-state index >= 15 is 0 Å². The van der Waals surface area contributed by atoms with Crippen LogP contribution in [-0.2, 0) is 39.7 Å². The zero-order valence-corrected chi connectivity index (χ0v) is 31.8. The lowest BCUT2D eigenvalue weighted by Crippen LogP contribution is -2.60. The first-order valence-corrected chi connectivity index (χ1v) is 19.5. The van der Waals surface area contributed by atoms with Gasteiger partial charge in [-0.15, -0.1) is 0 Å². The summed E-state index contributed by atoms with van der Waals surface area (Å²) in [5, 5.41) is 14.7. The van der Waals surface area contributed by atoms with E-state index in [-0.39, 0.29) is 25.4 Å². The largest absolute Gasteiger partial charge is 0.457 e. The van der Waals surface area contributed by atoms with Gasteiger partial charge in [-0.2, -0.15) is 0 Å². The van der Waals surface area contributed by atoms with E-state index in [2.05, 4.69) is 5.32 Å². The predicted octanol–water partition coefficient (Wildman–Crippen LogP) is 5.63. The maximum atomic E-state index is 14.0. The number of nitrogens with one attached hydrogen (secondary N) is 1. The van der Waals surface area contributed by atoms with Crippen molar-refractivity contribution in [1.29, 1.82) is 0 Å². The van der Waals surface area contributed by atoms with Crippen molar-refractivity contribution in [2.75, 3.05) is 44.3 Å². The summed E-state index contributed by atoms with van der Waals surface area (Å²) in [5.41, 5.74) is 0.647. The summed E-state index contributed by atoms with van der Waals surface area (Å²) in [6, 6.07) is 3.87. The molecular weight excluding hydrogens is 692 g/mol. The van der Waals surface area contributed by atoms with Crippen LogP contribution in [0, 0.1) is 18.8 Å². The normalized spacial score (nSPS) is 33.0. The molecule has 2 saturated heterocycles. The van der Waals surface area contributed by atoms with Crippen molar-refractivity contribution < 1.29 is 43.2 Å². The molecule has 0 radical (unpaired) electrons. The fourth-order valence-corrected chi connectivity index (χ4v) is 7.65. The highest BCUT2D eigenvalue weighted by Crippen LogP contribution is 2.49. The molecule has 14 heteroatoms. The number of carbonyl (C=O) groups excluding carboxylic acids is 3. The molecule has 2 fully saturated rings. The second-order valence-electron chi connectivity index (χ2n) is 13.3. The zero-order valence-electron chi connectivity index (χ0n) is 29.4. The minimum absolute atomic E-state index is 0.0198. The van der Waals surface area contributed by atoms with Crippen molar-refractivity contribution in [2.24, 2.45) is 11.8 Å². The molecular formula is C35H49ClN2O9S2. The van der Waals surface area contributed by atoms with Gasteiger partial charge in [-0.1, -0.05) is 76.9 Å². The molecule has 11 nitrogen and oxygen atoms in total. The number of halogens is 1. The SMILES string of the molecule is COC(COCCSSC)C(=O)O[C@H]1CC(=O)N(C)c2cc(cc(C)c2Cl)C/C(C)=C/C=C/[C@@H](C)[C@@]2(O)C[C@H](OC(=O)N2)[C@@H](C)[C@@H]2O[C@@]12C. The third kappa shape index (κ3) is 9.55. The van der Waals surface area contributed by atoms with E-state index in [1.807, 2.05) is 64.3 Å². The van der Waals surface area contributed by atoms with Gasteiger partial charge in [-0.3, -0.25) is 10.1 Å². The average molecular weight is 741 g/mol. The maximum Gasteiger partial charge on any atom is 0.409 e. The molecule has 2 amide bonds. The van der Waals surface area contributed by atoms with E-state index in [1.54, 1.807) is 35.6 Å². The summed E-state index contributed by atoms with van der Waals surface area (Å²) in [6.07, 6.45) is 4.00. The van der Waals surface area contributed by atoms with Gasteiger partial charge in [0, 0.05) is 38.2 Å². The molecule has 4 bridgehead atoms. The van der Waals surface area contributed by atoms with Crippen molar-refractivity contribution in [2.45, 2.75) is 89.6 Å². The van der Waals surface area contributed by atoms with E-state index in [0.717, 1.165) is 22.5 Å². The topological polar surface area (TPSA) is 136 Å². The summed E-state index contributed by atoms with van der Waals surface area (Å²) in [4.78, 5) is 41.7. The van der Waals surface area contributed by atoms with Crippen LogP contribution in [0.1, 0.15) is 51.7 Å². The fourth-order valence-electron chi connectivity index (χ4n) is 6.36. The molecule has 1 unspecified atom stereocenters. The number of anilines is 1. The standard InChI is InChI=1S/C35H49ClN2O9S2/c1-20-10-9-11-22(3)35(42)18-26(45-33(41)37-35)23(4)31-34(5,47-31)28(46-32(40)27(43-7)19-44-12-13-49-48-8)17-29(39)38(6)25-16-24(14-20)15-21(2)30(25)36/h9-11,15-16,22-23,26-28,31,42H,12-14,17-19H2,1-8H3,(H,37,41)/b11-9+,20-10+/t22-,23-,26+,27?,28+,31+,34+,35+/m1/s1. The van der Waals surface area contributed by atoms with Crippen molar-refractivity contribution in [3.8, 4) is 0 Å². The van der Waals surface area contributed by atoms with Gasteiger partial charge in [0.25, 0.3) is 0 Å².